The molecular formula is C19H23NO4S. The predicted molar refractivity (Wildman–Crippen MR) is 96.3 cm³/mol. The standard InChI is InChI=1S/C19H23NO4S/c1-13-2-9-17(10-3-13)25(23,24)20-15-6-4-14(5-7-15)18-11-8-16(21)12-19(18)22/h2-3,8-12,14-15,20-22H,4-7H2,1H3/t14-,15-. The predicted octanol–water partition coefficient (Wildman–Crippen LogP) is 3.41. The fraction of sp³-hybridized carbons (Fsp3) is 0.368. The molecule has 0 heterocycles. The normalized spacial score (nSPS) is 21.2. The molecule has 1 aliphatic rings. The van der Waals surface area contributed by atoms with Crippen molar-refractivity contribution < 1.29 is 18.6 Å². The maximum absolute atomic E-state index is 12.5. The van der Waals surface area contributed by atoms with Crippen molar-refractivity contribution in [1.29, 1.82) is 0 Å². The molecule has 0 aliphatic heterocycles. The fourth-order valence-electron chi connectivity index (χ4n) is 3.40. The quantitative estimate of drug-likeness (QED) is 0.779. The summed E-state index contributed by atoms with van der Waals surface area (Å²) >= 11 is 0. The molecule has 0 saturated heterocycles. The van der Waals surface area contributed by atoms with Crippen LogP contribution in [0.4, 0.5) is 0 Å². The number of benzene rings is 2. The van der Waals surface area contributed by atoms with Crippen molar-refractivity contribution in [3.05, 3.63) is 53.6 Å². The van der Waals surface area contributed by atoms with Crippen LogP contribution in [0, 0.1) is 6.92 Å². The van der Waals surface area contributed by atoms with Crippen LogP contribution in [0.1, 0.15) is 42.7 Å². The van der Waals surface area contributed by atoms with Gasteiger partial charge in [0.1, 0.15) is 11.5 Å². The molecule has 0 amide bonds. The minimum atomic E-state index is -3.51. The Kier molecular flexibility index (Phi) is 5.01. The van der Waals surface area contributed by atoms with Gasteiger partial charge in [0.15, 0.2) is 0 Å². The highest BCUT2D eigenvalue weighted by Gasteiger charge is 2.27. The summed E-state index contributed by atoms with van der Waals surface area (Å²) in [5.41, 5.74) is 1.84. The number of hydrogen-bond donors (Lipinski definition) is 3. The molecule has 1 saturated carbocycles. The third-order valence-electron chi connectivity index (χ3n) is 4.83. The molecule has 0 unspecified atom stereocenters. The minimum Gasteiger partial charge on any atom is -0.508 e. The lowest BCUT2D eigenvalue weighted by Gasteiger charge is -2.29. The van der Waals surface area contributed by atoms with Gasteiger partial charge in [-0.15, -0.1) is 0 Å². The maximum atomic E-state index is 12.5. The molecule has 0 spiro atoms. The van der Waals surface area contributed by atoms with Crippen molar-refractivity contribution in [2.75, 3.05) is 0 Å². The molecule has 2 aromatic carbocycles. The van der Waals surface area contributed by atoms with Crippen LogP contribution < -0.4 is 4.72 Å². The van der Waals surface area contributed by atoms with Crippen LogP contribution >= 0.6 is 0 Å². The molecule has 1 fully saturated rings. The fourth-order valence-corrected chi connectivity index (χ4v) is 4.71. The van der Waals surface area contributed by atoms with Gasteiger partial charge in [0.05, 0.1) is 4.90 Å². The summed E-state index contributed by atoms with van der Waals surface area (Å²) in [5, 5.41) is 19.4. The molecule has 2 aromatic rings. The highest BCUT2D eigenvalue weighted by atomic mass is 32.2. The van der Waals surface area contributed by atoms with Gasteiger partial charge in [0, 0.05) is 12.1 Å². The third-order valence-corrected chi connectivity index (χ3v) is 6.37. The van der Waals surface area contributed by atoms with Crippen LogP contribution in [0.3, 0.4) is 0 Å². The van der Waals surface area contributed by atoms with Crippen LogP contribution in [0.25, 0.3) is 0 Å². The first-order valence-electron chi connectivity index (χ1n) is 8.46. The summed E-state index contributed by atoms with van der Waals surface area (Å²) in [6.45, 7) is 1.92. The van der Waals surface area contributed by atoms with Gasteiger partial charge in [0.25, 0.3) is 0 Å². The van der Waals surface area contributed by atoms with Crippen LogP contribution in [0.5, 0.6) is 11.5 Å². The van der Waals surface area contributed by atoms with E-state index in [4.69, 9.17) is 0 Å². The molecule has 134 valence electrons. The first-order valence-corrected chi connectivity index (χ1v) is 9.94. The van der Waals surface area contributed by atoms with Gasteiger partial charge in [-0.3, -0.25) is 0 Å². The average Bonchev–Trinajstić information content (AvgIpc) is 2.56. The van der Waals surface area contributed by atoms with E-state index in [0.717, 1.165) is 36.8 Å². The van der Waals surface area contributed by atoms with Gasteiger partial charge >= 0.3 is 0 Å². The van der Waals surface area contributed by atoms with Crippen LogP contribution in [-0.2, 0) is 10.0 Å². The highest BCUT2D eigenvalue weighted by molar-refractivity contribution is 7.89. The van der Waals surface area contributed by atoms with E-state index in [2.05, 4.69) is 4.72 Å². The number of phenolic OH excluding ortho intramolecular Hbond substituents is 2. The van der Waals surface area contributed by atoms with E-state index in [0.29, 0.717) is 0 Å². The van der Waals surface area contributed by atoms with Crippen molar-refractivity contribution in [2.45, 2.75) is 49.5 Å². The first kappa shape index (κ1) is 17.8. The van der Waals surface area contributed by atoms with Crippen molar-refractivity contribution in [2.24, 2.45) is 0 Å². The van der Waals surface area contributed by atoms with Gasteiger partial charge in [-0.05, 0) is 62.3 Å². The number of hydrogen-bond acceptors (Lipinski definition) is 4. The topological polar surface area (TPSA) is 86.6 Å². The molecule has 6 heteroatoms. The summed E-state index contributed by atoms with van der Waals surface area (Å²) < 4.78 is 27.7. The van der Waals surface area contributed by atoms with Crippen LogP contribution in [0.2, 0.25) is 0 Å². The smallest absolute Gasteiger partial charge is 0.240 e. The summed E-state index contributed by atoms with van der Waals surface area (Å²) in [4.78, 5) is 0.288. The Morgan fingerprint density at radius 2 is 1.60 bits per heavy atom. The summed E-state index contributed by atoms with van der Waals surface area (Å²) in [5.74, 6) is 0.324. The number of nitrogens with one attached hydrogen (secondary N) is 1. The van der Waals surface area contributed by atoms with E-state index < -0.39 is 10.0 Å². The van der Waals surface area contributed by atoms with E-state index in [1.54, 1.807) is 36.4 Å². The van der Waals surface area contributed by atoms with E-state index in [-0.39, 0.29) is 28.4 Å². The molecule has 3 N–H and O–H groups in total. The largest absolute Gasteiger partial charge is 0.508 e. The molecule has 0 aromatic heterocycles. The lowest BCUT2D eigenvalue weighted by molar-refractivity contribution is 0.362. The lowest BCUT2D eigenvalue weighted by Crippen LogP contribution is -2.37. The minimum absolute atomic E-state index is 0.0424. The zero-order valence-electron chi connectivity index (χ0n) is 14.1. The van der Waals surface area contributed by atoms with Gasteiger partial charge < -0.3 is 10.2 Å². The van der Waals surface area contributed by atoms with Gasteiger partial charge in [-0.2, -0.15) is 0 Å². The van der Waals surface area contributed by atoms with Crippen molar-refractivity contribution >= 4 is 10.0 Å². The molecular weight excluding hydrogens is 338 g/mol. The zero-order chi connectivity index (χ0) is 18.0. The maximum Gasteiger partial charge on any atom is 0.240 e. The molecule has 0 bridgehead atoms. The van der Waals surface area contributed by atoms with Gasteiger partial charge in [0.2, 0.25) is 10.0 Å². The molecule has 5 nitrogen and oxygen atoms in total. The first-order chi connectivity index (χ1) is 11.8. The van der Waals surface area contributed by atoms with E-state index in [9.17, 15) is 18.6 Å². The lowest BCUT2D eigenvalue weighted by atomic mass is 9.81. The number of rotatable bonds is 4. The molecule has 0 atom stereocenters. The number of aryl methyl sites for hydroxylation is 1. The zero-order valence-corrected chi connectivity index (χ0v) is 15.0. The monoisotopic (exact) mass is 361 g/mol. The number of phenols is 2. The molecule has 25 heavy (non-hydrogen) atoms. The molecule has 0 radical (unpaired) electrons. The Morgan fingerprint density at radius 1 is 0.960 bits per heavy atom. The number of aromatic hydroxyl groups is 2. The highest BCUT2D eigenvalue weighted by Crippen LogP contribution is 2.38. The Balaban J connectivity index is 1.63. The summed E-state index contributed by atoms with van der Waals surface area (Å²) in [7, 11) is -3.51. The second-order valence-corrected chi connectivity index (χ2v) is 8.44. The Labute approximate surface area is 148 Å². The second kappa shape index (κ2) is 7.06. The second-order valence-electron chi connectivity index (χ2n) is 6.73. The Bertz CT molecular complexity index is 838. The molecule has 3 rings (SSSR count). The van der Waals surface area contributed by atoms with Gasteiger partial charge in [-0.25, -0.2) is 13.1 Å². The average molecular weight is 361 g/mol. The van der Waals surface area contributed by atoms with Crippen molar-refractivity contribution in [3.63, 3.8) is 0 Å². The third kappa shape index (κ3) is 4.14. The Morgan fingerprint density at radius 3 is 2.20 bits per heavy atom. The van der Waals surface area contributed by atoms with Crippen LogP contribution in [-0.4, -0.2) is 24.7 Å². The van der Waals surface area contributed by atoms with E-state index in [1.165, 1.54) is 6.07 Å². The SMILES string of the molecule is Cc1ccc(S(=O)(=O)N[C@H]2CC[C@H](c3ccc(O)cc3O)CC2)cc1. The van der Waals surface area contributed by atoms with E-state index >= 15 is 0 Å². The summed E-state index contributed by atoms with van der Waals surface area (Å²) in [6.07, 6.45) is 3.02. The Hall–Kier alpha value is -2.05. The van der Waals surface area contributed by atoms with E-state index in [1.807, 2.05) is 6.92 Å². The number of sulfonamides is 1. The van der Waals surface area contributed by atoms with Crippen molar-refractivity contribution in [3.8, 4) is 11.5 Å². The van der Waals surface area contributed by atoms with Gasteiger partial charge in [-0.1, -0.05) is 23.8 Å². The molecule has 1 aliphatic carbocycles. The van der Waals surface area contributed by atoms with Crippen LogP contribution in [0.15, 0.2) is 47.4 Å². The summed E-state index contributed by atoms with van der Waals surface area (Å²) in [6, 6.07) is 11.4. The van der Waals surface area contributed by atoms with Crippen molar-refractivity contribution in [1.82, 2.24) is 4.72 Å².